The molecule has 1 heterocycles. The highest BCUT2D eigenvalue weighted by Gasteiger charge is 2.17. The molecular formula is C18H16N2O7. The lowest BCUT2D eigenvalue weighted by Gasteiger charge is -2.18. The number of hydrogen-bond acceptors (Lipinski definition) is 7. The maximum Gasteiger partial charge on any atom is 0.338 e. The number of anilines is 1. The molecule has 0 aliphatic carbocycles. The minimum absolute atomic E-state index is 0.0736. The van der Waals surface area contributed by atoms with Crippen molar-refractivity contribution in [2.75, 3.05) is 25.1 Å². The van der Waals surface area contributed by atoms with E-state index in [4.69, 9.17) is 14.2 Å². The molecule has 9 heteroatoms. The molecule has 0 atom stereocenters. The van der Waals surface area contributed by atoms with Crippen LogP contribution >= 0.6 is 0 Å². The molecule has 0 bridgehead atoms. The van der Waals surface area contributed by atoms with Crippen LogP contribution in [0.5, 0.6) is 11.5 Å². The molecule has 0 saturated carbocycles. The summed E-state index contributed by atoms with van der Waals surface area (Å²) in [6, 6.07) is 8.67. The van der Waals surface area contributed by atoms with Crippen molar-refractivity contribution in [3.8, 4) is 11.5 Å². The molecule has 0 saturated heterocycles. The number of fused-ring (bicyclic) bond motifs is 1. The Morgan fingerprint density at radius 2 is 1.89 bits per heavy atom. The molecule has 0 spiro atoms. The molecule has 3 rings (SSSR count). The Morgan fingerprint density at radius 3 is 2.59 bits per heavy atom. The van der Waals surface area contributed by atoms with Crippen LogP contribution in [0.2, 0.25) is 0 Å². The van der Waals surface area contributed by atoms with E-state index in [-0.39, 0.29) is 11.3 Å². The van der Waals surface area contributed by atoms with Gasteiger partial charge in [0, 0.05) is 17.8 Å². The minimum atomic E-state index is -0.678. The first kappa shape index (κ1) is 18.2. The standard InChI is InChI=1S/C18H16N2O7/c1-11-8-13(20(23)24)3-4-14(11)19-17(21)10-27-18(22)12-2-5-15-16(9-12)26-7-6-25-15/h2-5,8-9H,6-7,10H2,1H3,(H,19,21). The van der Waals surface area contributed by atoms with Gasteiger partial charge >= 0.3 is 5.97 Å². The van der Waals surface area contributed by atoms with E-state index >= 15 is 0 Å². The Morgan fingerprint density at radius 1 is 1.15 bits per heavy atom. The number of nitrogens with zero attached hydrogens (tertiary/aromatic N) is 1. The van der Waals surface area contributed by atoms with Gasteiger partial charge in [-0.1, -0.05) is 0 Å². The van der Waals surface area contributed by atoms with Gasteiger partial charge in [0.25, 0.3) is 11.6 Å². The molecule has 0 unspecified atom stereocenters. The van der Waals surface area contributed by atoms with Gasteiger partial charge in [-0.05, 0) is 36.8 Å². The highest BCUT2D eigenvalue weighted by molar-refractivity contribution is 5.96. The van der Waals surface area contributed by atoms with Crippen LogP contribution in [-0.2, 0) is 9.53 Å². The Labute approximate surface area is 154 Å². The molecular weight excluding hydrogens is 356 g/mol. The molecule has 1 N–H and O–H groups in total. The zero-order valence-corrected chi connectivity index (χ0v) is 14.4. The number of nitro benzene ring substituents is 1. The molecule has 1 aliphatic heterocycles. The summed E-state index contributed by atoms with van der Waals surface area (Å²) in [5.41, 5.74) is 1.09. The number of carbonyl (C=O) groups excluding carboxylic acids is 2. The maximum absolute atomic E-state index is 12.1. The second-order valence-corrected chi connectivity index (χ2v) is 5.74. The van der Waals surface area contributed by atoms with Crippen LogP contribution in [0.25, 0.3) is 0 Å². The summed E-state index contributed by atoms with van der Waals surface area (Å²) in [5, 5.41) is 13.3. The number of aryl methyl sites for hydroxylation is 1. The van der Waals surface area contributed by atoms with Gasteiger partial charge in [-0.3, -0.25) is 14.9 Å². The van der Waals surface area contributed by atoms with Crippen LogP contribution in [0.15, 0.2) is 36.4 Å². The topological polar surface area (TPSA) is 117 Å². The van der Waals surface area contributed by atoms with E-state index in [1.54, 1.807) is 13.0 Å². The number of benzene rings is 2. The first-order chi connectivity index (χ1) is 12.9. The van der Waals surface area contributed by atoms with Crippen LogP contribution in [0.1, 0.15) is 15.9 Å². The third kappa shape index (κ3) is 4.32. The maximum atomic E-state index is 12.1. The smallest absolute Gasteiger partial charge is 0.338 e. The van der Waals surface area contributed by atoms with E-state index in [2.05, 4.69) is 5.32 Å². The highest BCUT2D eigenvalue weighted by Crippen LogP contribution is 2.31. The lowest BCUT2D eigenvalue weighted by atomic mass is 10.2. The van der Waals surface area contributed by atoms with E-state index in [9.17, 15) is 19.7 Å². The predicted molar refractivity (Wildman–Crippen MR) is 94.2 cm³/mol. The number of carbonyl (C=O) groups is 2. The Balaban J connectivity index is 1.57. The lowest BCUT2D eigenvalue weighted by molar-refractivity contribution is -0.384. The average molecular weight is 372 g/mol. The first-order valence-corrected chi connectivity index (χ1v) is 8.06. The fourth-order valence-electron chi connectivity index (χ4n) is 2.47. The number of amides is 1. The van der Waals surface area contributed by atoms with Crippen molar-refractivity contribution in [1.29, 1.82) is 0 Å². The van der Waals surface area contributed by atoms with Gasteiger partial charge in [0.05, 0.1) is 10.5 Å². The van der Waals surface area contributed by atoms with Crippen LogP contribution in [0.4, 0.5) is 11.4 Å². The van der Waals surface area contributed by atoms with Crippen molar-refractivity contribution in [3.63, 3.8) is 0 Å². The highest BCUT2D eigenvalue weighted by atomic mass is 16.6. The van der Waals surface area contributed by atoms with E-state index in [1.165, 1.54) is 30.3 Å². The van der Waals surface area contributed by atoms with Gasteiger partial charge in [-0.15, -0.1) is 0 Å². The summed E-state index contributed by atoms with van der Waals surface area (Å²) >= 11 is 0. The molecule has 27 heavy (non-hydrogen) atoms. The quantitative estimate of drug-likeness (QED) is 0.487. The SMILES string of the molecule is Cc1cc([N+](=O)[O-])ccc1NC(=O)COC(=O)c1ccc2c(c1)OCCO2. The molecule has 0 aromatic heterocycles. The van der Waals surface area contributed by atoms with E-state index in [0.717, 1.165) is 0 Å². The van der Waals surface area contributed by atoms with Crippen LogP contribution < -0.4 is 14.8 Å². The van der Waals surface area contributed by atoms with Gasteiger partial charge in [-0.2, -0.15) is 0 Å². The number of hydrogen-bond donors (Lipinski definition) is 1. The summed E-state index contributed by atoms with van der Waals surface area (Å²) in [5.74, 6) is -0.244. The van der Waals surface area contributed by atoms with Crippen molar-refractivity contribution in [2.24, 2.45) is 0 Å². The van der Waals surface area contributed by atoms with E-state index in [0.29, 0.717) is 36.0 Å². The van der Waals surface area contributed by atoms with Crippen molar-refractivity contribution >= 4 is 23.3 Å². The van der Waals surface area contributed by atoms with Crippen molar-refractivity contribution < 1.29 is 28.7 Å². The van der Waals surface area contributed by atoms with Gasteiger partial charge in [-0.25, -0.2) is 4.79 Å². The number of nitrogens with one attached hydrogen (secondary N) is 1. The molecule has 2 aromatic rings. The molecule has 140 valence electrons. The van der Waals surface area contributed by atoms with Crippen LogP contribution in [0.3, 0.4) is 0 Å². The molecule has 9 nitrogen and oxygen atoms in total. The zero-order valence-electron chi connectivity index (χ0n) is 14.4. The largest absolute Gasteiger partial charge is 0.486 e. The second kappa shape index (κ2) is 7.73. The Hall–Kier alpha value is -3.62. The van der Waals surface area contributed by atoms with E-state index in [1.807, 2.05) is 0 Å². The van der Waals surface area contributed by atoms with Crippen LogP contribution in [0, 0.1) is 17.0 Å². The van der Waals surface area contributed by atoms with Gasteiger partial charge in [0.2, 0.25) is 0 Å². The second-order valence-electron chi connectivity index (χ2n) is 5.74. The molecule has 1 aliphatic rings. The third-order valence-electron chi connectivity index (χ3n) is 3.81. The molecule has 1 amide bonds. The number of esters is 1. The van der Waals surface area contributed by atoms with Crippen LogP contribution in [-0.4, -0.2) is 36.6 Å². The number of ether oxygens (including phenoxy) is 3. The number of nitro groups is 1. The minimum Gasteiger partial charge on any atom is -0.486 e. The molecule has 2 aromatic carbocycles. The number of rotatable bonds is 5. The van der Waals surface area contributed by atoms with Gasteiger partial charge < -0.3 is 19.5 Å². The number of non-ortho nitro benzene ring substituents is 1. The third-order valence-corrected chi connectivity index (χ3v) is 3.81. The van der Waals surface area contributed by atoms with Gasteiger partial charge in [0.15, 0.2) is 18.1 Å². The summed E-state index contributed by atoms with van der Waals surface area (Å²) in [6.07, 6.45) is 0. The predicted octanol–water partition coefficient (Wildman–Crippen LogP) is 2.47. The summed E-state index contributed by atoms with van der Waals surface area (Å²) < 4.78 is 15.8. The fourth-order valence-corrected chi connectivity index (χ4v) is 2.47. The Kier molecular flexibility index (Phi) is 5.20. The average Bonchev–Trinajstić information content (AvgIpc) is 2.67. The summed E-state index contributed by atoms with van der Waals surface area (Å²) in [7, 11) is 0. The Bertz CT molecular complexity index is 911. The fraction of sp³-hybridized carbons (Fsp3) is 0.222. The van der Waals surface area contributed by atoms with Crippen molar-refractivity contribution in [1.82, 2.24) is 0 Å². The normalized spacial score (nSPS) is 12.2. The molecule has 0 radical (unpaired) electrons. The van der Waals surface area contributed by atoms with Crippen molar-refractivity contribution in [3.05, 3.63) is 57.6 Å². The van der Waals surface area contributed by atoms with E-state index < -0.39 is 23.4 Å². The zero-order chi connectivity index (χ0) is 19.4. The lowest BCUT2D eigenvalue weighted by Crippen LogP contribution is -2.21. The summed E-state index contributed by atoms with van der Waals surface area (Å²) in [6.45, 7) is 1.97. The first-order valence-electron chi connectivity index (χ1n) is 8.06. The van der Waals surface area contributed by atoms with Crippen molar-refractivity contribution in [2.45, 2.75) is 6.92 Å². The summed E-state index contributed by atoms with van der Waals surface area (Å²) in [4.78, 5) is 34.3. The monoisotopic (exact) mass is 372 g/mol. The van der Waals surface area contributed by atoms with Gasteiger partial charge in [0.1, 0.15) is 13.2 Å². The molecule has 0 fully saturated rings.